The van der Waals surface area contributed by atoms with Gasteiger partial charge in [-0.3, -0.25) is 14.1 Å². The normalized spacial score (nSPS) is 13.4. The van der Waals surface area contributed by atoms with Gasteiger partial charge in [0.15, 0.2) is 4.96 Å². The van der Waals surface area contributed by atoms with Crippen LogP contribution >= 0.6 is 11.3 Å². The van der Waals surface area contributed by atoms with Crippen molar-refractivity contribution in [2.75, 3.05) is 13.6 Å². The summed E-state index contributed by atoms with van der Waals surface area (Å²) in [4.78, 5) is 19.1. The Kier molecular flexibility index (Phi) is 3.79. The minimum absolute atomic E-state index is 0.0424. The van der Waals surface area contributed by atoms with Crippen LogP contribution in [0.2, 0.25) is 0 Å². The molecule has 0 fully saturated rings. The molecule has 2 aromatic heterocycles. The lowest BCUT2D eigenvalue weighted by Gasteiger charge is -2.17. The molecule has 0 aromatic carbocycles. The highest BCUT2D eigenvalue weighted by molar-refractivity contribution is 7.15. The predicted octanol–water partition coefficient (Wildman–Crippen LogP) is 0.877. The maximum atomic E-state index is 11.9. The molecular formula is C12H17N3O2S. The zero-order valence-corrected chi connectivity index (χ0v) is 11.6. The molecule has 1 N–H and O–H groups in total. The van der Waals surface area contributed by atoms with Crippen LogP contribution in [0.1, 0.15) is 18.3 Å². The first-order valence-electron chi connectivity index (χ1n) is 5.81. The Labute approximate surface area is 109 Å². The van der Waals surface area contributed by atoms with Crippen LogP contribution in [0.4, 0.5) is 0 Å². The van der Waals surface area contributed by atoms with E-state index in [9.17, 15) is 9.90 Å². The third-order valence-electron chi connectivity index (χ3n) is 2.64. The minimum Gasteiger partial charge on any atom is -0.392 e. The van der Waals surface area contributed by atoms with Crippen LogP contribution in [-0.4, -0.2) is 39.1 Å². The number of fused-ring (bicyclic) bond motifs is 1. The third-order valence-corrected chi connectivity index (χ3v) is 3.58. The van der Waals surface area contributed by atoms with Gasteiger partial charge in [-0.05, 0) is 20.9 Å². The van der Waals surface area contributed by atoms with E-state index in [4.69, 9.17) is 0 Å². The summed E-state index contributed by atoms with van der Waals surface area (Å²) in [6, 6.07) is 1.56. The molecule has 0 saturated carbocycles. The smallest absolute Gasteiger partial charge is 0.259 e. The number of aliphatic hydroxyl groups is 1. The zero-order valence-electron chi connectivity index (χ0n) is 10.8. The number of rotatable bonds is 4. The summed E-state index contributed by atoms with van der Waals surface area (Å²) in [7, 11) is 1.90. The molecule has 6 heteroatoms. The van der Waals surface area contributed by atoms with Crippen molar-refractivity contribution in [1.29, 1.82) is 0 Å². The van der Waals surface area contributed by atoms with Gasteiger partial charge in [-0.1, -0.05) is 0 Å². The van der Waals surface area contributed by atoms with Crippen molar-refractivity contribution in [3.05, 3.63) is 33.2 Å². The van der Waals surface area contributed by atoms with Gasteiger partial charge in [0.1, 0.15) is 0 Å². The number of aryl methyl sites for hydroxylation is 1. The Morgan fingerprint density at radius 2 is 2.33 bits per heavy atom. The Morgan fingerprint density at radius 1 is 1.61 bits per heavy atom. The molecule has 1 unspecified atom stereocenters. The highest BCUT2D eigenvalue weighted by atomic mass is 32.1. The van der Waals surface area contributed by atoms with Crippen molar-refractivity contribution in [2.45, 2.75) is 26.5 Å². The Morgan fingerprint density at radius 3 is 3.00 bits per heavy atom. The molecule has 0 bridgehead atoms. The van der Waals surface area contributed by atoms with Crippen molar-refractivity contribution in [2.24, 2.45) is 0 Å². The first-order valence-corrected chi connectivity index (χ1v) is 6.68. The van der Waals surface area contributed by atoms with Gasteiger partial charge < -0.3 is 5.11 Å². The number of aliphatic hydroxyl groups excluding tert-OH is 1. The molecular weight excluding hydrogens is 250 g/mol. The summed E-state index contributed by atoms with van der Waals surface area (Å²) < 4.78 is 1.61. The standard InChI is InChI=1S/C12H17N3O2S/c1-8-7-18-12-13-10(4-11(17)15(8)12)6-14(3)5-9(2)16/h4,7,9,16H,5-6H2,1-3H3. The molecule has 0 aliphatic rings. The monoisotopic (exact) mass is 267 g/mol. The predicted molar refractivity (Wildman–Crippen MR) is 72.1 cm³/mol. The van der Waals surface area contributed by atoms with Gasteiger partial charge >= 0.3 is 0 Å². The van der Waals surface area contributed by atoms with Crippen molar-refractivity contribution in [3.63, 3.8) is 0 Å². The second-order valence-electron chi connectivity index (χ2n) is 4.63. The number of hydrogen-bond acceptors (Lipinski definition) is 5. The van der Waals surface area contributed by atoms with Gasteiger partial charge in [-0.15, -0.1) is 11.3 Å². The summed E-state index contributed by atoms with van der Waals surface area (Å²) >= 11 is 1.47. The number of hydrogen-bond donors (Lipinski definition) is 1. The summed E-state index contributed by atoms with van der Waals surface area (Å²) in [5, 5.41) is 11.2. The Balaban J connectivity index is 2.27. The van der Waals surface area contributed by atoms with Crippen LogP contribution in [0, 0.1) is 6.92 Å². The topological polar surface area (TPSA) is 57.8 Å². The summed E-state index contributed by atoms with van der Waals surface area (Å²) in [6.45, 7) is 4.76. The van der Waals surface area contributed by atoms with Crippen LogP contribution in [-0.2, 0) is 6.54 Å². The summed E-state index contributed by atoms with van der Waals surface area (Å²) in [5.41, 5.74) is 1.61. The average Bonchev–Trinajstić information content (AvgIpc) is 2.58. The van der Waals surface area contributed by atoms with Crippen LogP contribution in [0.25, 0.3) is 4.96 Å². The average molecular weight is 267 g/mol. The molecule has 0 aliphatic heterocycles. The van der Waals surface area contributed by atoms with Gasteiger partial charge in [0, 0.05) is 30.2 Å². The first-order chi connectivity index (χ1) is 8.47. The molecule has 0 spiro atoms. The van der Waals surface area contributed by atoms with Crippen LogP contribution < -0.4 is 5.56 Å². The molecule has 18 heavy (non-hydrogen) atoms. The molecule has 98 valence electrons. The van der Waals surface area contributed by atoms with Gasteiger partial charge in [0.2, 0.25) is 0 Å². The van der Waals surface area contributed by atoms with E-state index < -0.39 is 0 Å². The van der Waals surface area contributed by atoms with Crippen molar-refractivity contribution >= 4 is 16.3 Å². The zero-order chi connectivity index (χ0) is 13.3. The lowest BCUT2D eigenvalue weighted by Crippen LogP contribution is -2.28. The SMILES string of the molecule is Cc1csc2nc(CN(C)CC(C)O)cc(=O)n12. The molecule has 2 aromatic rings. The number of likely N-dealkylation sites (N-methyl/N-ethyl adjacent to an activating group) is 1. The van der Waals surface area contributed by atoms with E-state index in [1.54, 1.807) is 17.4 Å². The van der Waals surface area contributed by atoms with E-state index in [1.165, 1.54) is 11.3 Å². The molecule has 0 amide bonds. The number of nitrogens with zero attached hydrogens (tertiary/aromatic N) is 3. The van der Waals surface area contributed by atoms with E-state index >= 15 is 0 Å². The highest BCUT2D eigenvalue weighted by Gasteiger charge is 2.09. The van der Waals surface area contributed by atoms with Crippen molar-refractivity contribution in [3.8, 4) is 0 Å². The van der Waals surface area contributed by atoms with Gasteiger partial charge in [0.25, 0.3) is 5.56 Å². The lowest BCUT2D eigenvalue weighted by atomic mass is 10.3. The highest BCUT2D eigenvalue weighted by Crippen LogP contribution is 2.12. The van der Waals surface area contributed by atoms with E-state index in [-0.39, 0.29) is 11.7 Å². The van der Waals surface area contributed by atoms with Gasteiger partial charge in [0.05, 0.1) is 11.8 Å². The molecule has 0 saturated heterocycles. The number of aromatic nitrogens is 2. The van der Waals surface area contributed by atoms with E-state index in [2.05, 4.69) is 4.98 Å². The van der Waals surface area contributed by atoms with Gasteiger partial charge in [-0.25, -0.2) is 4.98 Å². The fourth-order valence-electron chi connectivity index (χ4n) is 1.97. The number of thiazole rings is 1. The second kappa shape index (κ2) is 5.17. The summed E-state index contributed by atoms with van der Waals surface area (Å²) in [6.07, 6.45) is -0.385. The van der Waals surface area contributed by atoms with Crippen molar-refractivity contribution < 1.29 is 5.11 Å². The Hall–Kier alpha value is -1.24. The van der Waals surface area contributed by atoms with E-state index in [1.807, 2.05) is 24.3 Å². The molecule has 0 radical (unpaired) electrons. The van der Waals surface area contributed by atoms with E-state index in [0.29, 0.717) is 13.1 Å². The largest absolute Gasteiger partial charge is 0.392 e. The second-order valence-corrected chi connectivity index (χ2v) is 5.46. The molecule has 1 atom stereocenters. The summed E-state index contributed by atoms with van der Waals surface area (Å²) in [5.74, 6) is 0. The maximum Gasteiger partial charge on any atom is 0.259 e. The first kappa shape index (κ1) is 13.2. The fraction of sp³-hybridized carbons (Fsp3) is 0.500. The third kappa shape index (κ3) is 2.77. The van der Waals surface area contributed by atoms with E-state index in [0.717, 1.165) is 16.3 Å². The molecule has 2 rings (SSSR count). The molecule has 0 aliphatic carbocycles. The Bertz CT molecular complexity index is 603. The molecule has 2 heterocycles. The van der Waals surface area contributed by atoms with Crippen LogP contribution in [0.3, 0.4) is 0 Å². The van der Waals surface area contributed by atoms with Crippen LogP contribution in [0.15, 0.2) is 16.2 Å². The fourth-order valence-corrected chi connectivity index (χ4v) is 2.86. The van der Waals surface area contributed by atoms with Crippen molar-refractivity contribution in [1.82, 2.24) is 14.3 Å². The molecule has 5 nitrogen and oxygen atoms in total. The maximum absolute atomic E-state index is 11.9. The quantitative estimate of drug-likeness (QED) is 0.893. The minimum atomic E-state index is -0.385. The van der Waals surface area contributed by atoms with Crippen LogP contribution in [0.5, 0.6) is 0 Å². The lowest BCUT2D eigenvalue weighted by molar-refractivity contribution is 0.138. The van der Waals surface area contributed by atoms with Gasteiger partial charge in [-0.2, -0.15) is 0 Å².